The van der Waals surface area contributed by atoms with Crippen LogP contribution in [0.15, 0.2) is 0 Å². The molecular formula is C9H17N3O2. The van der Waals surface area contributed by atoms with Gasteiger partial charge in [0.2, 0.25) is 5.91 Å². The predicted octanol–water partition coefficient (Wildman–Crippen LogP) is -0.410. The van der Waals surface area contributed by atoms with E-state index in [1.165, 1.54) is 11.9 Å². The molecule has 14 heavy (non-hydrogen) atoms. The average molecular weight is 199 g/mol. The SMILES string of the molecule is CNN(C)C(=O)[C@@H]1CCCN1C(C)=O. The number of nitrogens with zero attached hydrogens (tertiary/aromatic N) is 2. The molecule has 80 valence electrons. The summed E-state index contributed by atoms with van der Waals surface area (Å²) in [5, 5.41) is 1.42. The van der Waals surface area contributed by atoms with Crippen LogP contribution in [0.25, 0.3) is 0 Å². The molecule has 0 aliphatic carbocycles. The molecular weight excluding hydrogens is 182 g/mol. The molecule has 2 amide bonds. The summed E-state index contributed by atoms with van der Waals surface area (Å²) in [6.45, 7) is 2.20. The first-order valence-corrected chi connectivity index (χ1v) is 4.80. The van der Waals surface area contributed by atoms with Gasteiger partial charge in [-0.2, -0.15) is 0 Å². The highest BCUT2D eigenvalue weighted by atomic mass is 16.2. The lowest BCUT2D eigenvalue weighted by Gasteiger charge is -2.26. The van der Waals surface area contributed by atoms with Gasteiger partial charge in [-0.1, -0.05) is 0 Å². The molecule has 1 N–H and O–H groups in total. The molecule has 0 aromatic carbocycles. The summed E-state index contributed by atoms with van der Waals surface area (Å²) in [6.07, 6.45) is 1.68. The van der Waals surface area contributed by atoms with Crippen molar-refractivity contribution in [1.29, 1.82) is 0 Å². The highest BCUT2D eigenvalue weighted by Gasteiger charge is 2.33. The first-order valence-electron chi connectivity index (χ1n) is 4.80. The quantitative estimate of drug-likeness (QED) is 0.615. The van der Waals surface area contributed by atoms with E-state index in [0.29, 0.717) is 6.54 Å². The molecule has 1 rings (SSSR count). The van der Waals surface area contributed by atoms with E-state index in [9.17, 15) is 9.59 Å². The van der Waals surface area contributed by atoms with E-state index in [0.717, 1.165) is 12.8 Å². The Hall–Kier alpha value is -1.10. The van der Waals surface area contributed by atoms with Crippen molar-refractivity contribution in [2.24, 2.45) is 0 Å². The Bertz CT molecular complexity index is 242. The number of amides is 2. The number of carbonyl (C=O) groups excluding carboxylic acids is 2. The Kier molecular flexibility index (Phi) is 3.46. The van der Waals surface area contributed by atoms with Gasteiger partial charge < -0.3 is 4.90 Å². The third-order valence-corrected chi connectivity index (χ3v) is 2.61. The molecule has 0 aromatic rings. The molecule has 1 saturated heterocycles. The highest BCUT2D eigenvalue weighted by molar-refractivity contribution is 5.87. The van der Waals surface area contributed by atoms with Crippen LogP contribution in [0.4, 0.5) is 0 Å². The number of hydrogen-bond acceptors (Lipinski definition) is 3. The van der Waals surface area contributed by atoms with Crippen molar-refractivity contribution < 1.29 is 9.59 Å². The lowest BCUT2D eigenvalue weighted by atomic mass is 10.2. The molecule has 1 heterocycles. The minimum atomic E-state index is -0.273. The molecule has 0 aromatic heterocycles. The van der Waals surface area contributed by atoms with Gasteiger partial charge in [0.05, 0.1) is 0 Å². The molecule has 1 aliphatic heterocycles. The summed E-state index contributed by atoms with van der Waals surface area (Å²) >= 11 is 0. The van der Waals surface area contributed by atoms with Crippen molar-refractivity contribution >= 4 is 11.8 Å². The fourth-order valence-corrected chi connectivity index (χ4v) is 1.73. The zero-order valence-electron chi connectivity index (χ0n) is 8.91. The number of hydrogen-bond donors (Lipinski definition) is 1. The van der Waals surface area contributed by atoms with Gasteiger partial charge in [-0.15, -0.1) is 0 Å². The van der Waals surface area contributed by atoms with Gasteiger partial charge in [-0.3, -0.25) is 14.6 Å². The van der Waals surface area contributed by atoms with Crippen LogP contribution in [0.3, 0.4) is 0 Å². The van der Waals surface area contributed by atoms with Crippen LogP contribution in [0.1, 0.15) is 19.8 Å². The van der Waals surface area contributed by atoms with Crippen LogP contribution in [-0.2, 0) is 9.59 Å². The molecule has 1 atom stereocenters. The zero-order chi connectivity index (χ0) is 10.7. The van der Waals surface area contributed by atoms with E-state index in [4.69, 9.17) is 0 Å². The second-order valence-electron chi connectivity index (χ2n) is 3.49. The number of likely N-dealkylation sites (tertiary alicyclic amines) is 1. The molecule has 5 nitrogen and oxygen atoms in total. The number of hydrazine groups is 1. The Morgan fingerprint density at radius 2 is 2.14 bits per heavy atom. The summed E-state index contributed by atoms with van der Waals surface area (Å²) in [7, 11) is 3.35. The molecule has 0 unspecified atom stereocenters. The minimum Gasteiger partial charge on any atom is -0.331 e. The Labute approximate surface area is 84.0 Å². The Balaban J connectivity index is 2.67. The summed E-state index contributed by atoms with van der Waals surface area (Å²) in [5.41, 5.74) is 2.75. The van der Waals surface area contributed by atoms with E-state index in [-0.39, 0.29) is 17.9 Å². The summed E-state index contributed by atoms with van der Waals surface area (Å²) in [6, 6.07) is -0.273. The lowest BCUT2D eigenvalue weighted by molar-refractivity contribution is -0.143. The number of carbonyl (C=O) groups is 2. The molecule has 0 radical (unpaired) electrons. The zero-order valence-corrected chi connectivity index (χ0v) is 8.91. The van der Waals surface area contributed by atoms with E-state index >= 15 is 0 Å². The number of likely N-dealkylation sites (N-methyl/N-ethyl adjacent to an activating group) is 1. The molecule has 5 heteroatoms. The maximum absolute atomic E-state index is 11.8. The smallest absolute Gasteiger partial charge is 0.259 e. The van der Waals surface area contributed by atoms with Crippen molar-refractivity contribution in [2.45, 2.75) is 25.8 Å². The van der Waals surface area contributed by atoms with Gasteiger partial charge in [-0.25, -0.2) is 5.43 Å². The normalized spacial score (nSPS) is 21.1. The third kappa shape index (κ3) is 2.04. The molecule has 1 fully saturated rings. The molecule has 1 aliphatic rings. The van der Waals surface area contributed by atoms with Crippen molar-refractivity contribution in [3.63, 3.8) is 0 Å². The molecule has 0 spiro atoms. The minimum absolute atomic E-state index is 0.0228. The largest absolute Gasteiger partial charge is 0.331 e. The van der Waals surface area contributed by atoms with E-state index in [2.05, 4.69) is 5.43 Å². The van der Waals surface area contributed by atoms with Gasteiger partial charge in [-0.05, 0) is 12.8 Å². The van der Waals surface area contributed by atoms with Crippen LogP contribution in [0, 0.1) is 0 Å². The summed E-state index contributed by atoms with van der Waals surface area (Å²) in [5.74, 6) is -0.0643. The summed E-state index contributed by atoms with van der Waals surface area (Å²) in [4.78, 5) is 24.6. The van der Waals surface area contributed by atoms with E-state index in [1.54, 1.807) is 19.0 Å². The highest BCUT2D eigenvalue weighted by Crippen LogP contribution is 2.18. The van der Waals surface area contributed by atoms with Gasteiger partial charge in [0, 0.05) is 27.6 Å². The lowest BCUT2D eigenvalue weighted by Crippen LogP contribution is -2.49. The summed E-state index contributed by atoms with van der Waals surface area (Å²) < 4.78 is 0. The van der Waals surface area contributed by atoms with Crippen molar-refractivity contribution in [1.82, 2.24) is 15.3 Å². The van der Waals surface area contributed by atoms with Gasteiger partial charge in [0.15, 0.2) is 0 Å². The Morgan fingerprint density at radius 3 is 2.64 bits per heavy atom. The topological polar surface area (TPSA) is 52.7 Å². The van der Waals surface area contributed by atoms with Gasteiger partial charge >= 0.3 is 0 Å². The van der Waals surface area contributed by atoms with E-state index < -0.39 is 0 Å². The van der Waals surface area contributed by atoms with Gasteiger partial charge in [0.25, 0.3) is 5.91 Å². The predicted molar refractivity (Wildman–Crippen MR) is 52.2 cm³/mol. The van der Waals surface area contributed by atoms with E-state index in [1.807, 2.05) is 0 Å². The first kappa shape index (κ1) is 11.0. The van der Waals surface area contributed by atoms with Crippen LogP contribution in [-0.4, -0.2) is 48.4 Å². The molecule has 0 bridgehead atoms. The van der Waals surface area contributed by atoms with Gasteiger partial charge in [0.1, 0.15) is 6.04 Å². The average Bonchev–Trinajstić information content (AvgIpc) is 2.63. The Morgan fingerprint density at radius 1 is 1.50 bits per heavy atom. The maximum Gasteiger partial charge on any atom is 0.259 e. The first-order chi connectivity index (χ1) is 6.57. The fraction of sp³-hybridized carbons (Fsp3) is 0.778. The monoisotopic (exact) mass is 199 g/mol. The maximum atomic E-state index is 11.8. The second-order valence-corrected chi connectivity index (χ2v) is 3.49. The van der Waals surface area contributed by atoms with Crippen molar-refractivity contribution in [2.75, 3.05) is 20.6 Å². The van der Waals surface area contributed by atoms with Crippen LogP contribution < -0.4 is 5.43 Å². The second kappa shape index (κ2) is 4.41. The van der Waals surface area contributed by atoms with Crippen LogP contribution >= 0.6 is 0 Å². The fourth-order valence-electron chi connectivity index (χ4n) is 1.73. The van der Waals surface area contributed by atoms with Crippen molar-refractivity contribution in [3.8, 4) is 0 Å². The number of rotatable bonds is 2. The van der Waals surface area contributed by atoms with Crippen molar-refractivity contribution in [3.05, 3.63) is 0 Å². The van der Waals surface area contributed by atoms with Crippen LogP contribution in [0.2, 0.25) is 0 Å². The third-order valence-electron chi connectivity index (χ3n) is 2.61. The van der Waals surface area contributed by atoms with Crippen LogP contribution in [0.5, 0.6) is 0 Å². The molecule has 0 saturated carbocycles. The standard InChI is InChI=1S/C9H17N3O2/c1-7(13)12-6-4-5-8(12)9(14)11(3)10-2/h8,10H,4-6H2,1-3H3/t8-/m0/s1. The number of nitrogens with one attached hydrogen (secondary N) is 1.